The van der Waals surface area contributed by atoms with Crippen LogP contribution >= 0.6 is 0 Å². The largest absolute Gasteiger partial charge is 0.466 e. The van der Waals surface area contributed by atoms with Crippen LogP contribution in [0.2, 0.25) is 0 Å². The molecule has 2 saturated carbocycles. The molecule has 114 valence electrons. The van der Waals surface area contributed by atoms with Gasteiger partial charge in [-0.2, -0.15) is 0 Å². The third-order valence-electron chi connectivity index (χ3n) is 4.97. The maximum Gasteiger partial charge on any atom is 0.308 e. The standard InChI is InChI=1S/C16H27NO3/c1-2-19-16(18)12-4-3-5-13(10-12)17-14-8-9-20-15(14)11-6-7-11/h11-15,17H,2-10H2,1H3. The average Bonchev–Trinajstić information content (AvgIpc) is 3.20. The fraction of sp³-hybridized carbons (Fsp3) is 0.938. The smallest absolute Gasteiger partial charge is 0.308 e. The maximum atomic E-state index is 11.9. The molecule has 4 nitrogen and oxygen atoms in total. The van der Waals surface area contributed by atoms with Crippen LogP contribution in [0.5, 0.6) is 0 Å². The zero-order chi connectivity index (χ0) is 13.9. The van der Waals surface area contributed by atoms with Gasteiger partial charge in [0.1, 0.15) is 0 Å². The van der Waals surface area contributed by atoms with Crippen LogP contribution in [0.4, 0.5) is 0 Å². The molecule has 1 N–H and O–H groups in total. The molecule has 0 bridgehead atoms. The van der Waals surface area contributed by atoms with Gasteiger partial charge in [0, 0.05) is 18.7 Å². The molecule has 4 atom stereocenters. The van der Waals surface area contributed by atoms with Crippen molar-refractivity contribution >= 4 is 5.97 Å². The van der Waals surface area contributed by atoms with Crippen LogP contribution in [-0.4, -0.2) is 37.4 Å². The van der Waals surface area contributed by atoms with E-state index in [0.717, 1.165) is 38.2 Å². The van der Waals surface area contributed by atoms with E-state index in [0.29, 0.717) is 24.8 Å². The van der Waals surface area contributed by atoms with Gasteiger partial charge in [-0.05, 0) is 51.4 Å². The lowest BCUT2D eigenvalue weighted by atomic mass is 9.85. The summed E-state index contributed by atoms with van der Waals surface area (Å²) in [5, 5.41) is 3.78. The van der Waals surface area contributed by atoms with Crippen molar-refractivity contribution < 1.29 is 14.3 Å². The van der Waals surface area contributed by atoms with Gasteiger partial charge in [0.2, 0.25) is 0 Å². The second-order valence-electron chi connectivity index (χ2n) is 6.55. The summed E-state index contributed by atoms with van der Waals surface area (Å²) in [4.78, 5) is 11.9. The van der Waals surface area contributed by atoms with Crippen molar-refractivity contribution in [3.63, 3.8) is 0 Å². The van der Waals surface area contributed by atoms with E-state index in [2.05, 4.69) is 5.32 Å². The predicted molar refractivity (Wildman–Crippen MR) is 76.4 cm³/mol. The average molecular weight is 281 g/mol. The second-order valence-corrected chi connectivity index (χ2v) is 6.55. The molecule has 4 unspecified atom stereocenters. The van der Waals surface area contributed by atoms with E-state index in [9.17, 15) is 4.79 Å². The number of carbonyl (C=O) groups excluding carboxylic acids is 1. The Morgan fingerprint density at radius 1 is 1.25 bits per heavy atom. The van der Waals surface area contributed by atoms with Crippen LogP contribution < -0.4 is 5.32 Å². The van der Waals surface area contributed by atoms with Crippen molar-refractivity contribution in [2.45, 2.75) is 70.1 Å². The van der Waals surface area contributed by atoms with Crippen molar-refractivity contribution in [3.8, 4) is 0 Å². The zero-order valence-corrected chi connectivity index (χ0v) is 12.5. The molecule has 3 fully saturated rings. The SMILES string of the molecule is CCOC(=O)C1CCCC(NC2CCOC2C2CC2)C1. The van der Waals surface area contributed by atoms with Gasteiger partial charge in [0.25, 0.3) is 0 Å². The Morgan fingerprint density at radius 2 is 2.10 bits per heavy atom. The summed E-state index contributed by atoms with van der Waals surface area (Å²) >= 11 is 0. The summed E-state index contributed by atoms with van der Waals surface area (Å²) in [6.45, 7) is 3.27. The van der Waals surface area contributed by atoms with E-state index in [1.165, 1.54) is 19.3 Å². The summed E-state index contributed by atoms with van der Waals surface area (Å²) in [7, 11) is 0. The lowest BCUT2D eigenvalue weighted by Gasteiger charge is -2.32. The monoisotopic (exact) mass is 281 g/mol. The highest BCUT2D eigenvalue weighted by atomic mass is 16.5. The number of esters is 1. The number of hydrogen-bond donors (Lipinski definition) is 1. The van der Waals surface area contributed by atoms with Gasteiger partial charge < -0.3 is 14.8 Å². The number of nitrogens with one attached hydrogen (secondary N) is 1. The van der Waals surface area contributed by atoms with Crippen LogP contribution in [0.15, 0.2) is 0 Å². The fourth-order valence-corrected chi connectivity index (χ4v) is 3.80. The molecule has 4 heteroatoms. The minimum Gasteiger partial charge on any atom is -0.466 e. The molecule has 0 amide bonds. The van der Waals surface area contributed by atoms with Crippen LogP contribution in [-0.2, 0) is 14.3 Å². The van der Waals surface area contributed by atoms with Crippen molar-refractivity contribution in [2.24, 2.45) is 11.8 Å². The molecule has 0 aromatic rings. The lowest BCUT2D eigenvalue weighted by molar-refractivity contribution is -0.149. The van der Waals surface area contributed by atoms with Crippen molar-refractivity contribution in [2.75, 3.05) is 13.2 Å². The molecule has 3 rings (SSSR count). The highest BCUT2D eigenvalue weighted by Crippen LogP contribution is 2.39. The molecule has 0 aromatic carbocycles. The first-order chi connectivity index (χ1) is 9.78. The van der Waals surface area contributed by atoms with E-state index < -0.39 is 0 Å². The van der Waals surface area contributed by atoms with Crippen LogP contribution in [0.3, 0.4) is 0 Å². The first-order valence-electron chi connectivity index (χ1n) is 8.32. The van der Waals surface area contributed by atoms with E-state index in [1.54, 1.807) is 0 Å². The second kappa shape index (κ2) is 6.44. The number of carbonyl (C=O) groups is 1. The quantitative estimate of drug-likeness (QED) is 0.785. The van der Waals surface area contributed by atoms with Gasteiger partial charge in [-0.3, -0.25) is 4.79 Å². The van der Waals surface area contributed by atoms with E-state index in [-0.39, 0.29) is 11.9 Å². The molecule has 1 heterocycles. The molecule has 2 aliphatic carbocycles. The number of rotatable bonds is 5. The Balaban J connectivity index is 1.50. The van der Waals surface area contributed by atoms with Crippen molar-refractivity contribution in [1.29, 1.82) is 0 Å². The first kappa shape index (κ1) is 14.3. The number of hydrogen-bond acceptors (Lipinski definition) is 4. The topological polar surface area (TPSA) is 47.6 Å². The van der Waals surface area contributed by atoms with Gasteiger partial charge in [-0.1, -0.05) is 6.42 Å². The minimum absolute atomic E-state index is 0.000384. The Morgan fingerprint density at radius 3 is 2.85 bits per heavy atom. The fourth-order valence-electron chi connectivity index (χ4n) is 3.80. The third-order valence-corrected chi connectivity index (χ3v) is 4.97. The predicted octanol–water partition coefficient (Wildman–Crippen LogP) is 2.27. The normalized spacial score (nSPS) is 37.9. The Labute approximate surface area is 121 Å². The molecule has 0 radical (unpaired) electrons. The van der Waals surface area contributed by atoms with E-state index >= 15 is 0 Å². The molecular formula is C16H27NO3. The minimum atomic E-state index is 0.000384. The maximum absolute atomic E-state index is 11.9. The zero-order valence-electron chi connectivity index (χ0n) is 12.5. The summed E-state index contributed by atoms with van der Waals surface area (Å²) in [6, 6.07) is 0.972. The van der Waals surface area contributed by atoms with Crippen molar-refractivity contribution in [1.82, 2.24) is 5.32 Å². The van der Waals surface area contributed by atoms with Crippen LogP contribution in [0.25, 0.3) is 0 Å². The van der Waals surface area contributed by atoms with Crippen LogP contribution in [0.1, 0.15) is 51.9 Å². The van der Waals surface area contributed by atoms with Gasteiger partial charge >= 0.3 is 5.97 Å². The Kier molecular flexibility index (Phi) is 4.61. The molecule has 3 aliphatic rings. The highest BCUT2D eigenvalue weighted by Gasteiger charge is 2.41. The lowest BCUT2D eigenvalue weighted by Crippen LogP contribution is -2.46. The van der Waals surface area contributed by atoms with Gasteiger partial charge in [0.05, 0.1) is 18.6 Å². The van der Waals surface area contributed by atoms with Gasteiger partial charge in [-0.25, -0.2) is 0 Å². The number of ether oxygens (including phenoxy) is 2. The van der Waals surface area contributed by atoms with E-state index in [1.807, 2.05) is 6.92 Å². The summed E-state index contributed by atoms with van der Waals surface area (Å²) in [5.41, 5.74) is 0. The Bertz CT molecular complexity index is 343. The van der Waals surface area contributed by atoms with E-state index in [4.69, 9.17) is 9.47 Å². The van der Waals surface area contributed by atoms with Gasteiger partial charge in [0.15, 0.2) is 0 Å². The van der Waals surface area contributed by atoms with Crippen LogP contribution in [0, 0.1) is 11.8 Å². The Hall–Kier alpha value is -0.610. The summed E-state index contributed by atoms with van der Waals surface area (Å²) in [6.07, 6.45) is 8.46. The molecular weight excluding hydrogens is 254 g/mol. The first-order valence-corrected chi connectivity index (χ1v) is 8.32. The molecule has 0 spiro atoms. The van der Waals surface area contributed by atoms with Gasteiger partial charge in [-0.15, -0.1) is 0 Å². The van der Waals surface area contributed by atoms with Crippen molar-refractivity contribution in [3.05, 3.63) is 0 Å². The molecule has 1 saturated heterocycles. The molecule has 20 heavy (non-hydrogen) atoms. The molecule has 0 aromatic heterocycles. The molecule has 1 aliphatic heterocycles. The highest BCUT2D eigenvalue weighted by molar-refractivity contribution is 5.72. The summed E-state index contributed by atoms with van der Waals surface area (Å²) < 4.78 is 11.1. The summed E-state index contributed by atoms with van der Waals surface area (Å²) in [5.74, 6) is 0.891. The third kappa shape index (κ3) is 3.34.